The number of alkyl halides is 3. The van der Waals surface area contributed by atoms with Crippen LogP contribution in [0.15, 0.2) is 23.1 Å². The Hall–Kier alpha value is -1.28. The highest BCUT2D eigenvalue weighted by atomic mass is 32.2. The number of rotatable bonds is 6. The minimum atomic E-state index is -4.40. The van der Waals surface area contributed by atoms with Gasteiger partial charge in [0, 0.05) is 6.61 Å². The van der Waals surface area contributed by atoms with Crippen LogP contribution in [0.5, 0.6) is 0 Å². The second kappa shape index (κ2) is 6.45. The molecule has 0 unspecified atom stereocenters. The first-order valence-corrected chi connectivity index (χ1v) is 7.50. The number of hydrogen-bond donors (Lipinski definition) is 1. The molecular weight excluding hydrogens is 295 g/mol. The smallest absolute Gasteiger partial charge is 0.398 e. The molecule has 8 heteroatoms. The molecular formula is C12H16F3NO3S. The van der Waals surface area contributed by atoms with Crippen molar-refractivity contribution < 1.29 is 26.3 Å². The predicted molar refractivity (Wildman–Crippen MR) is 69.1 cm³/mol. The molecule has 114 valence electrons. The number of ether oxygens (including phenoxy) is 1. The zero-order valence-corrected chi connectivity index (χ0v) is 11.7. The normalized spacial score (nSPS) is 12.6. The van der Waals surface area contributed by atoms with Crippen molar-refractivity contribution in [3.63, 3.8) is 0 Å². The van der Waals surface area contributed by atoms with E-state index in [9.17, 15) is 21.6 Å². The van der Waals surface area contributed by atoms with Crippen molar-refractivity contribution in [2.45, 2.75) is 24.4 Å². The number of aryl methyl sites for hydroxylation is 1. The Morgan fingerprint density at radius 2 is 1.95 bits per heavy atom. The summed E-state index contributed by atoms with van der Waals surface area (Å²) in [6.07, 6.45) is -4.42. The minimum Gasteiger partial charge on any atom is -0.398 e. The van der Waals surface area contributed by atoms with Crippen LogP contribution in [-0.4, -0.2) is 33.6 Å². The lowest BCUT2D eigenvalue weighted by Crippen LogP contribution is -2.18. The number of nitrogen functional groups attached to an aromatic ring is 1. The summed E-state index contributed by atoms with van der Waals surface area (Å²) in [5.41, 5.74) is 6.60. The van der Waals surface area contributed by atoms with Gasteiger partial charge in [-0.3, -0.25) is 0 Å². The summed E-state index contributed by atoms with van der Waals surface area (Å²) in [6.45, 7) is 0.127. The summed E-state index contributed by atoms with van der Waals surface area (Å²) in [6, 6.07) is 4.55. The van der Waals surface area contributed by atoms with Gasteiger partial charge in [0.15, 0.2) is 9.84 Å². The molecule has 20 heavy (non-hydrogen) atoms. The third kappa shape index (κ3) is 5.38. The van der Waals surface area contributed by atoms with Crippen LogP contribution >= 0.6 is 0 Å². The second-order valence-corrected chi connectivity index (χ2v) is 6.46. The molecule has 1 aromatic rings. The Morgan fingerprint density at radius 3 is 2.50 bits per heavy atom. The molecule has 1 rings (SSSR count). The Morgan fingerprint density at radius 1 is 1.30 bits per heavy atom. The van der Waals surface area contributed by atoms with Crippen LogP contribution in [0.3, 0.4) is 0 Å². The zero-order chi connectivity index (χ0) is 15.4. The molecule has 0 radical (unpaired) electrons. The molecule has 0 atom stereocenters. The van der Waals surface area contributed by atoms with Gasteiger partial charge >= 0.3 is 6.18 Å². The van der Waals surface area contributed by atoms with Gasteiger partial charge in [-0.15, -0.1) is 0 Å². The largest absolute Gasteiger partial charge is 0.411 e. The average molecular weight is 311 g/mol. The topological polar surface area (TPSA) is 69.4 Å². The van der Waals surface area contributed by atoms with E-state index in [2.05, 4.69) is 4.74 Å². The van der Waals surface area contributed by atoms with Crippen molar-refractivity contribution in [1.82, 2.24) is 0 Å². The van der Waals surface area contributed by atoms with Gasteiger partial charge in [0.25, 0.3) is 0 Å². The van der Waals surface area contributed by atoms with Crippen molar-refractivity contribution in [2.24, 2.45) is 0 Å². The SMILES string of the molecule is Cc1ccc(S(=O)(=O)CCCOCC(F)(F)F)c(N)c1. The first-order valence-electron chi connectivity index (χ1n) is 5.85. The summed E-state index contributed by atoms with van der Waals surface area (Å²) < 4.78 is 63.7. The van der Waals surface area contributed by atoms with Crippen molar-refractivity contribution in [3.8, 4) is 0 Å². The molecule has 0 spiro atoms. The van der Waals surface area contributed by atoms with Gasteiger partial charge in [-0.2, -0.15) is 13.2 Å². The Kier molecular flexibility index (Phi) is 5.41. The second-order valence-electron chi connectivity index (χ2n) is 4.38. The molecule has 1 aromatic carbocycles. The molecule has 0 aliphatic rings. The van der Waals surface area contributed by atoms with Gasteiger partial charge in [0.05, 0.1) is 16.3 Å². The Bertz CT molecular complexity index is 556. The van der Waals surface area contributed by atoms with Crippen LogP contribution in [0.1, 0.15) is 12.0 Å². The summed E-state index contributed by atoms with van der Waals surface area (Å²) in [5, 5.41) is 0. The van der Waals surface area contributed by atoms with Gasteiger partial charge in [0.2, 0.25) is 0 Å². The molecule has 0 amide bonds. The summed E-state index contributed by atoms with van der Waals surface area (Å²) in [5.74, 6) is -0.307. The fourth-order valence-electron chi connectivity index (χ4n) is 1.60. The lowest BCUT2D eigenvalue weighted by Gasteiger charge is -2.09. The van der Waals surface area contributed by atoms with Crippen molar-refractivity contribution >= 4 is 15.5 Å². The highest BCUT2D eigenvalue weighted by Crippen LogP contribution is 2.21. The quantitative estimate of drug-likeness (QED) is 0.646. The van der Waals surface area contributed by atoms with E-state index in [0.29, 0.717) is 0 Å². The van der Waals surface area contributed by atoms with Gasteiger partial charge in [-0.1, -0.05) is 6.07 Å². The van der Waals surface area contributed by atoms with Crippen molar-refractivity contribution in [1.29, 1.82) is 0 Å². The lowest BCUT2D eigenvalue weighted by atomic mass is 10.2. The molecule has 4 nitrogen and oxygen atoms in total. The zero-order valence-electron chi connectivity index (χ0n) is 10.9. The van der Waals surface area contributed by atoms with E-state index in [1.165, 1.54) is 12.1 Å². The third-order valence-electron chi connectivity index (χ3n) is 2.47. The predicted octanol–water partition coefficient (Wildman–Crippen LogP) is 2.32. The maximum atomic E-state index is 12.0. The molecule has 2 N–H and O–H groups in total. The number of benzene rings is 1. The molecule has 0 saturated heterocycles. The number of nitrogens with two attached hydrogens (primary N) is 1. The van der Waals surface area contributed by atoms with Crippen LogP contribution in [0, 0.1) is 6.92 Å². The summed E-state index contributed by atoms with van der Waals surface area (Å²) in [7, 11) is -3.61. The number of anilines is 1. The van der Waals surface area contributed by atoms with Crippen LogP contribution in [0.4, 0.5) is 18.9 Å². The summed E-state index contributed by atoms with van der Waals surface area (Å²) >= 11 is 0. The number of hydrogen-bond acceptors (Lipinski definition) is 4. The van der Waals surface area contributed by atoms with Crippen molar-refractivity contribution in [3.05, 3.63) is 23.8 Å². The summed E-state index contributed by atoms with van der Waals surface area (Å²) in [4.78, 5) is -0.000999. The number of halogens is 3. The van der Waals surface area contributed by atoms with Crippen LogP contribution in [0.2, 0.25) is 0 Å². The van der Waals surface area contributed by atoms with Crippen LogP contribution < -0.4 is 5.73 Å². The van der Waals surface area contributed by atoms with Gasteiger partial charge < -0.3 is 10.5 Å². The first kappa shape index (κ1) is 16.8. The standard InChI is InChI=1S/C12H16F3NO3S/c1-9-3-4-11(10(16)7-9)20(17,18)6-2-5-19-8-12(13,14)15/h3-4,7H,2,5-6,8,16H2,1H3. The maximum absolute atomic E-state index is 12.0. The van der Waals surface area contributed by atoms with Gasteiger partial charge in [0.1, 0.15) is 6.61 Å². The molecule has 0 aliphatic carbocycles. The fourth-order valence-corrected chi connectivity index (χ4v) is 3.01. The fraction of sp³-hybridized carbons (Fsp3) is 0.500. The van der Waals surface area contributed by atoms with E-state index in [1.807, 2.05) is 0 Å². The monoisotopic (exact) mass is 311 g/mol. The van der Waals surface area contributed by atoms with E-state index in [4.69, 9.17) is 5.73 Å². The molecule has 0 saturated carbocycles. The molecule has 0 heterocycles. The van der Waals surface area contributed by atoms with Crippen molar-refractivity contribution in [2.75, 3.05) is 24.7 Å². The van der Waals surface area contributed by atoms with E-state index in [-0.39, 0.29) is 29.4 Å². The first-order chi connectivity index (χ1) is 9.12. The van der Waals surface area contributed by atoms with Gasteiger partial charge in [-0.05, 0) is 31.0 Å². The molecule has 0 bridgehead atoms. The van der Waals surface area contributed by atoms with E-state index in [1.54, 1.807) is 13.0 Å². The Labute approximate surface area is 115 Å². The van der Waals surface area contributed by atoms with E-state index < -0.39 is 22.6 Å². The number of sulfone groups is 1. The lowest BCUT2D eigenvalue weighted by molar-refractivity contribution is -0.173. The Balaban J connectivity index is 2.54. The molecule has 0 aromatic heterocycles. The maximum Gasteiger partial charge on any atom is 0.411 e. The molecule has 0 aliphatic heterocycles. The minimum absolute atomic E-state index is 0.000999. The van der Waals surface area contributed by atoms with E-state index in [0.717, 1.165) is 5.56 Å². The highest BCUT2D eigenvalue weighted by molar-refractivity contribution is 7.91. The van der Waals surface area contributed by atoms with Crippen LogP contribution in [-0.2, 0) is 14.6 Å². The average Bonchev–Trinajstić information content (AvgIpc) is 2.26. The van der Waals surface area contributed by atoms with Gasteiger partial charge in [-0.25, -0.2) is 8.42 Å². The van der Waals surface area contributed by atoms with E-state index >= 15 is 0 Å². The van der Waals surface area contributed by atoms with Crippen LogP contribution in [0.25, 0.3) is 0 Å². The third-order valence-corrected chi connectivity index (χ3v) is 4.34. The highest BCUT2D eigenvalue weighted by Gasteiger charge is 2.27. The molecule has 0 fully saturated rings.